The van der Waals surface area contributed by atoms with E-state index in [9.17, 15) is 19.5 Å². The molecule has 3 aromatic heterocycles. The number of hydrogen-bond donors (Lipinski definition) is 5. The van der Waals surface area contributed by atoms with Gasteiger partial charge in [-0.2, -0.15) is 0 Å². The van der Waals surface area contributed by atoms with E-state index in [0.717, 1.165) is 182 Å². The zero-order valence-corrected chi connectivity index (χ0v) is 48.5. The minimum atomic E-state index is -0.732. The Morgan fingerprint density at radius 1 is 0.458 bits per heavy atom. The normalized spacial score (nSPS) is 19.3. The maximum atomic E-state index is 13.0. The summed E-state index contributed by atoms with van der Waals surface area (Å²) in [6.07, 6.45) is 2.46. The molecule has 0 saturated carbocycles. The molecule has 5 aliphatic heterocycles. The second-order valence-corrected chi connectivity index (χ2v) is 23.4. The Hall–Kier alpha value is -7.67. The number of carboxylic acids is 1. The van der Waals surface area contributed by atoms with Gasteiger partial charge in [-0.15, -0.1) is 0 Å². The number of rotatable bonds is 9. The SMILES string of the molecule is CN1CCN(C(=O)C2CCN(c3ccc(Cl)c(-c4nc5ccccc5[nH]4)c3)C2)CC1.O=C(C1CCN(c2ccc(Cl)c(-c3nc4ccccc4[nH]3)c2)C1)N1CCNCC1.O=C(O)C1CCN(c2ccc(Cl)c(-c3nc4ccccc4[nH]3)c2)C1. The van der Waals surface area contributed by atoms with Gasteiger partial charge in [-0.1, -0.05) is 71.2 Å². The number of piperazine rings is 2. The Kier molecular flexibility index (Phi) is 16.6. The van der Waals surface area contributed by atoms with Gasteiger partial charge in [-0.05, 0) is 117 Å². The molecule has 3 atom stereocenters. The summed E-state index contributed by atoms with van der Waals surface area (Å²) in [6.45, 7) is 11.5. The maximum Gasteiger partial charge on any atom is 0.308 e. The van der Waals surface area contributed by atoms with E-state index in [1.54, 1.807) is 0 Å². The maximum absolute atomic E-state index is 13.0. The Balaban J connectivity index is 0.000000124. The number of anilines is 3. The molecule has 14 rings (SSSR count). The first-order valence-corrected chi connectivity index (χ1v) is 29.7. The largest absolute Gasteiger partial charge is 0.481 e. The highest BCUT2D eigenvalue weighted by atomic mass is 35.5. The average Bonchev–Trinajstić information content (AvgIpc) is 4.56. The molecule has 8 heterocycles. The number of fused-ring (bicyclic) bond motifs is 3. The molecular weight excluding hydrogens is 1110 g/mol. The van der Waals surface area contributed by atoms with Crippen LogP contribution < -0.4 is 20.0 Å². The van der Waals surface area contributed by atoms with Crippen LogP contribution in [0, 0.1) is 17.8 Å². The van der Waals surface area contributed by atoms with Gasteiger partial charge in [0.15, 0.2) is 0 Å². The van der Waals surface area contributed by atoms with Crippen LogP contribution in [0.2, 0.25) is 15.1 Å². The second kappa shape index (κ2) is 24.7. The molecule has 0 bridgehead atoms. The number of H-pyrrole nitrogens is 3. The van der Waals surface area contributed by atoms with Gasteiger partial charge >= 0.3 is 5.97 Å². The summed E-state index contributed by atoms with van der Waals surface area (Å²) >= 11 is 19.4. The van der Waals surface area contributed by atoms with Crippen molar-refractivity contribution in [2.24, 2.45) is 17.8 Å². The number of imidazole rings is 3. The van der Waals surface area contributed by atoms with Crippen LogP contribution in [0.3, 0.4) is 0 Å². The van der Waals surface area contributed by atoms with Crippen LogP contribution in [0.5, 0.6) is 0 Å². The number of carbonyl (C=O) groups excluding carboxylic acids is 2. The van der Waals surface area contributed by atoms with E-state index in [4.69, 9.17) is 44.8 Å². The number of aliphatic carboxylic acids is 1. The Labute approximate surface area is 496 Å². The Morgan fingerprint density at radius 2 is 0.807 bits per heavy atom. The number of hydrogen-bond acceptors (Lipinski definition) is 11. The molecule has 5 N–H and O–H groups in total. The molecule has 17 nitrogen and oxygen atoms in total. The number of likely N-dealkylation sites (N-methyl/N-ethyl adjacent to an activating group) is 1. The number of nitrogens with one attached hydrogen (secondary N) is 4. The van der Waals surface area contributed by atoms with Crippen molar-refractivity contribution in [3.8, 4) is 34.2 Å². The van der Waals surface area contributed by atoms with E-state index < -0.39 is 5.97 Å². The van der Waals surface area contributed by atoms with Crippen LogP contribution in [0.15, 0.2) is 127 Å². The predicted octanol–water partition coefficient (Wildman–Crippen LogP) is 10.4. The number of halogens is 3. The Morgan fingerprint density at radius 3 is 1.17 bits per heavy atom. The van der Waals surface area contributed by atoms with Crippen LogP contribution >= 0.6 is 34.8 Å². The lowest BCUT2D eigenvalue weighted by Crippen LogP contribution is -2.49. The minimum absolute atomic E-state index is 0.0680. The van der Waals surface area contributed by atoms with Crippen molar-refractivity contribution in [3.05, 3.63) is 142 Å². The molecule has 5 fully saturated rings. The third kappa shape index (κ3) is 12.4. The van der Waals surface area contributed by atoms with Crippen molar-refractivity contribution in [1.29, 1.82) is 0 Å². The van der Waals surface area contributed by atoms with Crippen LogP contribution in [0.4, 0.5) is 17.1 Å². The number of benzene rings is 6. The van der Waals surface area contributed by atoms with Crippen molar-refractivity contribution in [2.75, 3.05) is 113 Å². The number of carboxylic acid groups (broad SMARTS) is 1. The van der Waals surface area contributed by atoms with Crippen LogP contribution in [0.1, 0.15) is 19.3 Å². The van der Waals surface area contributed by atoms with Gasteiger partial charge in [0.1, 0.15) is 17.5 Å². The quantitative estimate of drug-likeness (QED) is 0.0921. The number of amides is 2. The fourth-order valence-corrected chi connectivity index (χ4v) is 12.6. The molecule has 0 aliphatic carbocycles. The second-order valence-electron chi connectivity index (χ2n) is 22.1. The van der Waals surface area contributed by atoms with Gasteiger partial charge in [0.05, 0.1) is 65.9 Å². The summed E-state index contributed by atoms with van der Waals surface area (Å²) in [5.41, 5.74) is 11.4. The van der Waals surface area contributed by atoms with Gasteiger partial charge < -0.3 is 54.8 Å². The number of nitrogens with zero attached hydrogens (tertiary/aromatic N) is 9. The fraction of sp³-hybridized carbons (Fsp3) is 0.333. The zero-order valence-electron chi connectivity index (χ0n) is 46.2. The molecule has 6 aromatic carbocycles. The van der Waals surface area contributed by atoms with Crippen molar-refractivity contribution >= 4 is 103 Å². The van der Waals surface area contributed by atoms with Gasteiger partial charge in [0.25, 0.3) is 0 Å². The molecule has 5 aliphatic rings. The van der Waals surface area contributed by atoms with Crippen LogP contribution in [-0.4, -0.2) is 166 Å². The van der Waals surface area contributed by atoms with Crippen LogP contribution in [0.25, 0.3) is 67.3 Å². The topological polar surface area (TPSA) is 189 Å². The van der Waals surface area contributed by atoms with E-state index in [1.807, 2.05) is 125 Å². The molecule has 5 saturated heterocycles. The third-order valence-electron chi connectivity index (χ3n) is 16.7. The van der Waals surface area contributed by atoms with Crippen molar-refractivity contribution in [3.63, 3.8) is 0 Å². The highest BCUT2D eigenvalue weighted by molar-refractivity contribution is 6.34. The first-order chi connectivity index (χ1) is 40.4. The average molecular weight is 1180 g/mol. The first-order valence-electron chi connectivity index (χ1n) is 28.6. The number of aromatic amines is 3. The van der Waals surface area contributed by atoms with Gasteiger partial charge in [0.2, 0.25) is 11.8 Å². The van der Waals surface area contributed by atoms with Crippen molar-refractivity contribution in [2.45, 2.75) is 19.3 Å². The lowest BCUT2D eigenvalue weighted by Gasteiger charge is -2.34. The zero-order chi connectivity index (χ0) is 57.1. The summed E-state index contributed by atoms with van der Waals surface area (Å²) < 4.78 is 0. The van der Waals surface area contributed by atoms with E-state index >= 15 is 0 Å². The van der Waals surface area contributed by atoms with Gasteiger partial charge in [-0.3, -0.25) is 14.4 Å². The van der Waals surface area contributed by atoms with Gasteiger partial charge in [-0.25, -0.2) is 15.0 Å². The molecule has 428 valence electrons. The Bertz CT molecular complexity index is 3710. The van der Waals surface area contributed by atoms with Crippen LogP contribution in [-0.2, 0) is 14.4 Å². The van der Waals surface area contributed by atoms with E-state index in [1.165, 1.54) is 0 Å². The van der Waals surface area contributed by atoms with E-state index in [-0.39, 0.29) is 17.8 Å². The van der Waals surface area contributed by atoms with Gasteiger partial charge in [0, 0.05) is 125 Å². The first kappa shape index (κ1) is 55.8. The highest BCUT2D eigenvalue weighted by Gasteiger charge is 2.35. The standard InChI is InChI=1S/C23H26ClN5O.C22H24ClN5O.C18H16ClN3O2/c1-27-10-12-28(13-11-27)23(30)16-8-9-29(15-16)17-6-7-19(24)18(14-17)22-25-20-4-2-3-5-21(20)26-22;23-18-6-5-16(13-17(18)21-25-19-3-1-2-4-20(19)26-21)28-10-7-15(14-28)22(29)27-11-8-24-9-12-27;19-14-6-5-12(22-8-7-11(10-22)18(23)24)9-13(14)17-20-15-3-1-2-4-16(15)21-17/h2-7,14,16H,8-13,15H2,1H3,(H,25,26);1-6,13,15,24H,7-12,14H2,(H,25,26);1-6,9,11H,7-8,10H2,(H,20,21)(H,23,24). The summed E-state index contributed by atoms with van der Waals surface area (Å²) in [6, 6.07) is 41.6. The molecule has 9 aromatic rings. The fourth-order valence-electron chi connectivity index (χ4n) is 11.9. The summed E-state index contributed by atoms with van der Waals surface area (Å²) in [4.78, 5) is 74.0. The third-order valence-corrected chi connectivity index (χ3v) is 17.7. The number of aromatic nitrogens is 6. The number of para-hydroxylation sites is 6. The molecule has 2 amide bonds. The molecule has 0 spiro atoms. The smallest absolute Gasteiger partial charge is 0.308 e. The van der Waals surface area contributed by atoms with Crippen molar-refractivity contribution < 1.29 is 19.5 Å². The molecule has 0 radical (unpaired) electrons. The number of carbonyl (C=O) groups is 3. The predicted molar refractivity (Wildman–Crippen MR) is 332 cm³/mol. The van der Waals surface area contributed by atoms with E-state index in [0.29, 0.717) is 39.8 Å². The minimum Gasteiger partial charge on any atom is -0.481 e. The van der Waals surface area contributed by atoms with E-state index in [2.05, 4.69) is 64.0 Å². The highest BCUT2D eigenvalue weighted by Crippen LogP contribution is 2.37. The molecule has 3 unspecified atom stereocenters. The monoisotopic (exact) mass is 1170 g/mol. The molecule has 20 heteroatoms. The summed E-state index contributed by atoms with van der Waals surface area (Å²) in [5.74, 6) is 1.95. The lowest BCUT2D eigenvalue weighted by atomic mass is 10.1. The summed E-state index contributed by atoms with van der Waals surface area (Å²) in [5, 5.41) is 14.4. The molecule has 83 heavy (non-hydrogen) atoms. The molecular formula is C63H66Cl3N13O4. The summed E-state index contributed by atoms with van der Waals surface area (Å²) in [7, 11) is 2.11. The van der Waals surface area contributed by atoms with Crippen molar-refractivity contribution in [1.82, 2.24) is 49.9 Å². The lowest BCUT2D eigenvalue weighted by molar-refractivity contribution is -0.141.